The second-order valence-corrected chi connectivity index (χ2v) is 3.99. The Balaban J connectivity index is 2.24. The highest BCUT2D eigenvalue weighted by molar-refractivity contribution is 4.74. The summed E-state index contributed by atoms with van der Waals surface area (Å²) in [5, 5.41) is 3.64. The van der Waals surface area contributed by atoms with Crippen molar-refractivity contribution in [3.8, 4) is 0 Å². The molecule has 0 aromatic rings. The van der Waals surface area contributed by atoms with Crippen molar-refractivity contribution in [2.45, 2.75) is 45.6 Å². The van der Waals surface area contributed by atoms with Crippen LogP contribution >= 0.6 is 0 Å². The van der Waals surface area contributed by atoms with Gasteiger partial charge >= 0.3 is 0 Å². The third-order valence-corrected chi connectivity index (χ3v) is 3.04. The van der Waals surface area contributed by atoms with Gasteiger partial charge in [0.1, 0.15) is 0 Å². The number of nitrogens with zero attached hydrogens (tertiary/aromatic N) is 1. The van der Waals surface area contributed by atoms with E-state index in [4.69, 9.17) is 0 Å². The fraction of sp³-hybridized carbons (Fsp3) is 1.00. The SMILES string of the molecule is CCN(CC)CC1CCCCCN1. The fourth-order valence-corrected chi connectivity index (χ4v) is 2.05. The lowest BCUT2D eigenvalue weighted by molar-refractivity contribution is 0.261. The Morgan fingerprint density at radius 1 is 1.15 bits per heavy atom. The van der Waals surface area contributed by atoms with Gasteiger partial charge in [-0.15, -0.1) is 0 Å². The minimum atomic E-state index is 0.752. The van der Waals surface area contributed by atoms with Gasteiger partial charge in [0.25, 0.3) is 0 Å². The van der Waals surface area contributed by atoms with Crippen LogP contribution in [0.5, 0.6) is 0 Å². The van der Waals surface area contributed by atoms with Gasteiger partial charge in [-0.3, -0.25) is 0 Å². The molecule has 1 aliphatic rings. The maximum Gasteiger partial charge on any atom is 0.0195 e. The van der Waals surface area contributed by atoms with Crippen molar-refractivity contribution in [1.29, 1.82) is 0 Å². The standard InChI is InChI=1S/C11H24N2/c1-3-13(4-2)10-11-8-6-5-7-9-12-11/h11-12H,3-10H2,1-2H3. The maximum atomic E-state index is 3.64. The Labute approximate surface area is 82.7 Å². The summed E-state index contributed by atoms with van der Waals surface area (Å²) in [7, 11) is 0. The summed E-state index contributed by atoms with van der Waals surface area (Å²) < 4.78 is 0. The van der Waals surface area contributed by atoms with Gasteiger partial charge in [0.05, 0.1) is 0 Å². The third-order valence-electron chi connectivity index (χ3n) is 3.04. The molecular weight excluding hydrogens is 160 g/mol. The molecular formula is C11H24N2. The topological polar surface area (TPSA) is 15.3 Å². The molecule has 1 heterocycles. The van der Waals surface area contributed by atoms with Gasteiger partial charge in [-0.25, -0.2) is 0 Å². The first-order valence-corrected chi connectivity index (χ1v) is 5.82. The molecule has 0 aromatic carbocycles. The molecule has 1 unspecified atom stereocenters. The van der Waals surface area contributed by atoms with E-state index in [1.807, 2.05) is 0 Å². The van der Waals surface area contributed by atoms with Gasteiger partial charge < -0.3 is 10.2 Å². The van der Waals surface area contributed by atoms with Crippen molar-refractivity contribution >= 4 is 0 Å². The maximum absolute atomic E-state index is 3.64. The molecule has 0 spiro atoms. The molecule has 1 rings (SSSR count). The molecule has 2 heteroatoms. The van der Waals surface area contributed by atoms with Crippen LogP contribution in [0.1, 0.15) is 39.5 Å². The average Bonchev–Trinajstić information content (AvgIpc) is 2.42. The summed E-state index contributed by atoms with van der Waals surface area (Å²) >= 11 is 0. The van der Waals surface area contributed by atoms with E-state index in [0.29, 0.717) is 0 Å². The molecule has 1 N–H and O–H groups in total. The summed E-state index contributed by atoms with van der Waals surface area (Å²) in [5.41, 5.74) is 0. The number of hydrogen-bond acceptors (Lipinski definition) is 2. The molecule has 78 valence electrons. The van der Waals surface area contributed by atoms with Gasteiger partial charge in [0, 0.05) is 12.6 Å². The van der Waals surface area contributed by atoms with Crippen molar-refractivity contribution in [2.24, 2.45) is 0 Å². The minimum absolute atomic E-state index is 0.752. The van der Waals surface area contributed by atoms with Crippen molar-refractivity contribution < 1.29 is 0 Å². The lowest BCUT2D eigenvalue weighted by atomic mass is 10.1. The van der Waals surface area contributed by atoms with Gasteiger partial charge in [-0.2, -0.15) is 0 Å². The molecule has 0 saturated carbocycles. The number of likely N-dealkylation sites (N-methyl/N-ethyl adjacent to an activating group) is 1. The Kier molecular flexibility index (Phi) is 5.40. The van der Waals surface area contributed by atoms with Crippen LogP contribution < -0.4 is 5.32 Å². The summed E-state index contributed by atoms with van der Waals surface area (Å²) in [6.07, 6.45) is 5.58. The Morgan fingerprint density at radius 3 is 2.62 bits per heavy atom. The van der Waals surface area contributed by atoms with Crippen molar-refractivity contribution in [1.82, 2.24) is 10.2 Å². The largest absolute Gasteiger partial charge is 0.313 e. The van der Waals surface area contributed by atoms with Crippen LogP contribution in [0, 0.1) is 0 Å². The molecule has 1 aliphatic heterocycles. The normalized spacial score (nSPS) is 24.7. The lowest BCUT2D eigenvalue weighted by Crippen LogP contribution is -2.40. The predicted molar refractivity (Wildman–Crippen MR) is 58.0 cm³/mol. The van der Waals surface area contributed by atoms with E-state index in [-0.39, 0.29) is 0 Å². The van der Waals surface area contributed by atoms with Crippen LogP contribution in [0.15, 0.2) is 0 Å². The summed E-state index contributed by atoms with van der Waals surface area (Å²) in [4.78, 5) is 2.52. The van der Waals surface area contributed by atoms with Gasteiger partial charge in [0.15, 0.2) is 0 Å². The van der Waals surface area contributed by atoms with Crippen LogP contribution in [-0.2, 0) is 0 Å². The van der Waals surface area contributed by atoms with E-state index in [1.165, 1.54) is 51.9 Å². The molecule has 1 saturated heterocycles. The predicted octanol–water partition coefficient (Wildman–Crippen LogP) is 1.86. The van der Waals surface area contributed by atoms with E-state index in [1.54, 1.807) is 0 Å². The first kappa shape index (κ1) is 11.0. The Hall–Kier alpha value is -0.0800. The highest BCUT2D eigenvalue weighted by atomic mass is 15.1. The van der Waals surface area contributed by atoms with Crippen LogP contribution in [0.4, 0.5) is 0 Å². The summed E-state index contributed by atoms with van der Waals surface area (Å²) in [5.74, 6) is 0. The van der Waals surface area contributed by atoms with Gasteiger partial charge in [-0.1, -0.05) is 26.7 Å². The van der Waals surface area contributed by atoms with Crippen molar-refractivity contribution in [3.05, 3.63) is 0 Å². The first-order chi connectivity index (χ1) is 6.36. The number of rotatable bonds is 4. The second-order valence-electron chi connectivity index (χ2n) is 3.99. The number of nitrogens with one attached hydrogen (secondary N) is 1. The first-order valence-electron chi connectivity index (χ1n) is 5.82. The van der Waals surface area contributed by atoms with Crippen molar-refractivity contribution in [3.63, 3.8) is 0 Å². The monoisotopic (exact) mass is 184 g/mol. The fourth-order valence-electron chi connectivity index (χ4n) is 2.05. The third kappa shape index (κ3) is 4.10. The molecule has 1 atom stereocenters. The van der Waals surface area contributed by atoms with Crippen LogP contribution in [-0.4, -0.2) is 37.1 Å². The quantitative estimate of drug-likeness (QED) is 0.717. The van der Waals surface area contributed by atoms with E-state index in [0.717, 1.165) is 6.04 Å². The molecule has 0 radical (unpaired) electrons. The van der Waals surface area contributed by atoms with E-state index < -0.39 is 0 Å². The minimum Gasteiger partial charge on any atom is -0.313 e. The van der Waals surface area contributed by atoms with E-state index >= 15 is 0 Å². The zero-order valence-corrected chi connectivity index (χ0v) is 9.18. The summed E-state index contributed by atoms with van der Waals surface area (Å²) in [6.45, 7) is 9.35. The van der Waals surface area contributed by atoms with E-state index in [2.05, 4.69) is 24.1 Å². The molecule has 2 nitrogen and oxygen atoms in total. The Bertz CT molecular complexity index is 113. The zero-order valence-electron chi connectivity index (χ0n) is 9.18. The van der Waals surface area contributed by atoms with Crippen LogP contribution in [0.25, 0.3) is 0 Å². The molecule has 1 fully saturated rings. The summed E-state index contributed by atoms with van der Waals surface area (Å²) in [6, 6.07) is 0.752. The molecule has 0 aromatic heterocycles. The van der Waals surface area contributed by atoms with Crippen LogP contribution in [0.2, 0.25) is 0 Å². The highest BCUT2D eigenvalue weighted by Crippen LogP contribution is 2.09. The average molecular weight is 184 g/mol. The zero-order chi connectivity index (χ0) is 9.52. The molecule has 0 amide bonds. The van der Waals surface area contributed by atoms with E-state index in [9.17, 15) is 0 Å². The van der Waals surface area contributed by atoms with Gasteiger partial charge in [0.2, 0.25) is 0 Å². The highest BCUT2D eigenvalue weighted by Gasteiger charge is 2.13. The molecule has 13 heavy (non-hydrogen) atoms. The lowest BCUT2D eigenvalue weighted by Gasteiger charge is -2.24. The Morgan fingerprint density at radius 2 is 1.92 bits per heavy atom. The van der Waals surface area contributed by atoms with Crippen molar-refractivity contribution in [2.75, 3.05) is 26.2 Å². The number of hydrogen-bond donors (Lipinski definition) is 1. The van der Waals surface area contributed by atoms with Gasteiger partial charge in [-0.05, 0) is 32.5 Å². The molecule has 0 aliphatic carbocycles. The molecule has 0 bridgehead atoms. The van der Waals surface area contributed by atoms with Crippen LogP contribution in [0.3, 0.4) is 0 Å². The smallest absolute Gasteiger partial charge is 0.0195 e. The second kappa shape index (κ2) is 6.39.